The minimum absolute atomic E-state index is 0.00319. The van der Waals surface area contributed by atoms with Crippen LogP contribution in [0.2, 0.25) is 0 Å². The molecule has 0 aliphatic carbocycles. The number of halogens is 1. The first-order chi connectivity index (χ1) is 14.1. The van der Waals surface area contributed by atoms with Crippen LogP contribution in [0.4, 0.5) is 10.1 Å². The predicted octanol–water partition coefficient (Wildman–Crippen LogP) is 4.98. The van der Waals surface area contributed by atoms with Gasteiger partial charge in [-0.3, -0.25) is 10.1 Å². The summed E-state index contributed by atoms with van der Waals surface area (Å²) in [6.07, 6.45) is 0.0463. The van der Waals surface area contributed by atoms with E-state index in [2.05, 4.69) is 0 Å². The quantitative estimate of drug-likeness (QED) is 0.468. The molecule has 0 aromatic heterocycles. The van der Waals surface area contributed by atoms with E-state index in [0.717, 1.165) is 22.6 Å². The van der Waals surface area contributed by atoms with Crippen molar-refractivity contribution in [3.8, 4) is 5.75 Å². The van der Waals surface area contributed by atoms with E-state index in [0.29, 0.717) is 12.0 Å². The van der Waals surface area contributed by atoms with E-state index in [-0.39, 0.29) is 17.5 Å². The van der Waals surface area contributed by atoms with Crippen molar-refractivity contribution in [3.63, 3.8) is 0 Å². The van der Waals surface area contributed by atoms with Crippen molar-refractivity contribution < 1.29 is 14.1 Å². The molecule has 7 heteroatoms. The van der Waals surface area contributed by atoms with Crippen molar-refractivity contribution in [2.24, 2.45) is 5.10 Å². The highest BCUT2D eigenvalue weighted by atomic mass is 19.1. The summed E-state index contributed by atoms with van der Waals surface area (Å²) in [7, 11) is 0. The third-order valence-electron chi connectivity index (χ3n) is 5.24. The molecule has 0 amide bonds. The number of nitrogens with zero attached hydrogens (tertiary/aromatic N) is 3. The zero-order valence-electron chi connectivity index (χ0n) is 15.2. The van der Waals surface area contributed by atoms with Crippen LogP contribution in [0.25, 0.3) is 0 Å². The number of benzene rings is 3. The minimum Gasteiger partial charge on any atom is -0.464 e. The molecule has 2 aliphatic heterocycles. The van der Waals surface area contributed by atoms with E-state index in [1.165, 1.54) is 24.3 Å². The zero-order valence-corrected chi connectivity index (χ0v) is 15.2. The number of nitro benzene ring substituents is 1. The first-order valence-electron chi connectivity index (χ1n) is 9.22. The van der Waals surface area contributed by atoms with Crippen LogP contribution in [0, 0.1) is 15.9 Å². The first kappa shape index (κ1) is 17.4. The average molecular weight is 389 g/mol. The van der Waals surface area contributed by atoms with Gasteiger partial charge < -0.3 is 4.74 Å². The van der Waals surface area contributed by atoms with Crippen LogP contribution >= 0.6 is 0 Å². The van der Waals surface area contributed by atoms with Crippen LogP contribution in [0.1, 0.15) is 35.4 Å². The second-order valence-electron chi connectivity index (χ2n) is 7.01. The molecule has 0 bridgehead atoms. The molecule has 0 fully saturated rings. The Morgan fingerprint density at radius 3 is 2.66 bits per heavy atom. The Morgan fingerprint density at radius 1 is 1.07 bits per heavy atom. The molecule has 3 aromatic rings. The summed E-state index contributed by atoms with van der Waals surface area (Å²) in [5.41, 5.74) is 3.34. The summed E-state index contributed by atoms with van der Waals surface area (Å²) < 4.78 is 19.5. The van der Waals surface area contributed by atoms with Crippen molar-refractivity contribution in [3.05, 3.63) is 105 Å². The highest BCUT2D eigenvalue weighted by molar-refractivity contribution is 6.01. The van der Waals surface area contributed by atoms with Gasteiger partial charge in [-0.15, -0.1) is 0 Å². The van der Waals surface area contributed by atoms with E-state index in [1.54, 1.807) is 24.3 Å². The maximum atomic E-state index is 13.3. The van der Waals surface area contributed by atoms with Crippen molar-refractivity contribution in [1.29, 1.82) is 0 Å². The Labute approximate surface area is 166 Å². The number of hydrogen-bond acceptors (Lipinski definition) is 5. The fourth-order valence-corrected chi connectivity index (χ4v) is 3.86. The number of fused-ring (bicyclic) bond motifs is 3. The number of hydrogen-bond donors (Lipinski definition) is 0. The summed E-state index contributed by atoms with van der Waals surface area (Å²) in [5, 5.41) is 17.8. The second-order valence-corrected chi connectivity index (χ2v) is 7.01. The molecule has 29 heavy (non-hydrogen) atoms. The Balaban J connectivity index is 1.59. The van der Waals surface area contributed by atoms with Crippen molar-refractivity contribution in [2.75, 3.05) is 0 Å². The Bertz CT molecular complexity index is 1130. The number of non-ortho nitro benzene ring substituents is 1. The van der Waals surface area contributed by atoms with Gasteiger partial charge in [0.15, 0.2) is 0 Å². The monoisotopic (exact) mass is 389 g/mol. The van der Waals surface area contributed by atoms with E-state index < -0.39 is 11.2 Å². The van der Waals surface area contributed by atoms with Gasteiger partial charge in [0.2, 0.25) is 6.23 Å². The van der Waals surface area contributed by atoms with Gasteiger partial charge in [-0.1, -0.05) is 42.5 Å². The molecule has 144 valence electrons. The Hall–Kier alpha value is -3.74. The van der Waals surface area contributed by atoms with E-state index >= 15 is 0 Å². The van der Waals surface area contributed by atoms with Crippen LogP contribution in [-0.4, -0.2) is 15.6 Å². The summed E-state index contributed by atoms with van der Waals surface area (Å²) in [6.45, 7) is 0. The van der Waals surface area contributed by atoms with Crippen molar-refractivity contribution >= 4 is 11.4 Å². The third-order valence-corrected chi connectivity index (χ3v) is 5.24. The molecule has 5 rings (SSSR count). The van der Waals surface area contributed by atoms with Crippen LogP contribution in [0.15, 0.2) is 77.9 Å². The molecule has 3 aromatic carbocycles. The Kier molecular flexibility index (Phi) is 4.01. The van der Waals surface area contributed by atoms with Gasteiger partial charge in [0.1, 0.15) is 11.6 Å². The lowest BCUT2D eigenvalue weighted by molar-refractivity contribution is -0.385. The lowest BCUT2D eigenvalue weighted by Crippen LogP contribution is -2.33. The first-order valence-corrected chi connectivity index (χ1v) is 9.22. The van der Waals surface area contributed by atoms with Gasteiger partial charge in [-0.25, -0.2) is 9.40 Å². The van der Waals surface area contributed by atoms with Crippen LogP contribution in [0.5, 0.6) is 5.75 Å². The Morgan fingerprint density at radius 2 is 1.86 bits per heavy atom. The smallest absolute Gasteiger partial charge is 0.269 e. The van der Waals surface area contributed by atoms with Gasteiger partial charge in [0.05, 0.1) is 16.7 Å². The normalized spacial score (nSPS) is 19.8. The highest BCUT2D eigenvalue weighted by Crippen LogP contribution is 2.47. The second kappa shape index (κ2) is 6.70. The summed E-state index contributed by atoms with van der Waals surface area (Å²) >= 11 is 0. The lowest BCUT2D eigenvalue weighted by Gasteiger charge is -2.38. The standard InChI is InChI=1S/C22H16FN3O3/c23-16-10-8-14(9-11-16)19-13-20-18-6-1-2-7-21(18)29-22(25(20)24-19)15-4-3-5-17(12-15)26(27)28/h1-12,20,22H,13H2/t20-,22+/m1/s1. The van der Waals surface area contributed by atoms with Crippen LogP contribution < -0.4 is 4.74 Å². The van der Waals surface area contributed by atoms with Crippen LogP contribution in [0.3, 0.4) is 0 Å². The molecule has 2 heterocycles. The molecular formula is C22H16FN3O3. The van der Waals surface area contributed by atoms with Gasteiger partial charge in [-0.05, 0) is 23.8 Å². The lowest BCUT2D eigenvalue weighted by atomic mass is 9.96. The largest absolute Gasteiger partial charge is 0.464 e. The maximum absolute atomic E-state index is 13.3. The number of ether oxygens (including phenoxy) is 1. The third kappa shape index (κ3) is 3.00. The molecule has 0 spiro atoms. The number of hydrazone groups is 1. The molecule has 2 atom stereocenters. The van der Waals surface area contributed by atoms with Crippen LogP contribution in [-0.2, 0) is 0 Å². The van der Waals surface area contributed by atoms with E-state index in [1.807, 2.05) is 29.3 Å². The molecule has 0 N–H and O–H groups in total. The fourth-order valence-electron chi connectivity index (χ4n) is 3.86. The SMILES string of the molecule is O=[N+]([O-])c1cccc([C@@H]2Oc3ccccc3[C@H]3CC(c4ccc(F)cc4)=NN32)c1. The summed E-state index contributed by atoms with van der Waals surface area (Å²) in [4.78, 5) is 10.8. The van der Waals surface area contributed by atoms with Gasteiger partial charge in [0.25, 0.3) is 5.69 Å². The van der Waals surface area contributed by atoms with Gasteiger partial charge >= 0.3 is 0 Å². The molecule has 2 aliphatic rings. The minimum atomic E-state index is -0.590. The average Bonchev–Trinajstić information content (AvgIpc) is 3.19. The van der Waals surface area contributed by atoms with E-state index in [9.17, 15) is 14.5 Å². The van der Waals surface area contributed by atoms with Crippen molar-refractivity contribution in [1.82, 2.24) is 5.01 Å². The highest BCUT2D eigenvalue weighted by Gasteiger charge is 2.41. The molecule has 0 radical (unpaired) electrons. The van der Waals surface area contributed by atoms with Gasteiger partial charge in [0, 0.05) is 29.7 Å². The number of para-hydroxylation sites is 1. The van der Waals surface area contributed by atoms with Crippen molar-refractivity contribution in [2.45, 2.75) is 18.7 Å². The number of rotatable bonds is 3. The fraction of sp³-hybridized carbons (Fsp3) is 0.136. The summed E-state index contributed by atoms with van der Waals surface area (Å²) in [5.74, 6) is 0.439. The van der Waals surface area contributed by atoms with Gasteiger partial charge in [-0.2, -0.15) is 5.10 Å². The summed E-state index contributed by atoms with van der Waals surface area (Å²) in [6, 6.07) is 20.3. The zero-order chi connectivity index (χ0) is 20.0. The maximum Gasteiger partial charge on any atom is 0.269 e. The topological polar surface area (TPSA) is 68.0 Å². The molecule has 0 saturated heterocycles. The predicted molar refractivity (Wildman–Crippen MR) is 105 cm³/mol. The molecule has 0 saturated carbocycles. The molecule has 0 unspecified atom stereocenters. The van der Waals surface area contributed by atoms with E-state index in [4.69, 9.17) is 9.84 Å². The molecular weight excluding hydrogens is 373 g/mol. The number of nitro groups is 1. The molecule has 6 nitrogen and oxygen atoms in total.